The van der Waals surface area contributed by atoms with Gasteiger partial charge in [-0.15, -0.1) is 14.1 Å². The lowest BCUT2D eigenvalue weighted by molar-refractivity contribution is -0.118. The van der Waals surface area contributed by atoms with E-state index in [1.165, 1.54) is 6.07 Å². The number of unbranched alkanes of at least 4 members (excludes halogenated alkanes) is 1. The van der Waals surface area contributed by atoms with Crippen LogP contribution in [-0.2, 0) is 4.79 Å². The number of carbonyl (C=O) groups is 1. The highest BCUT2D eigenvalue weighted by Crippen LogP contribution is 2.11. The van der Waals surface area contributed by atoms with Crippen LogP contribution in [0.5, 0.6) is 5.75 Å². The van der Waals surface area contributed by atoms with Crippen LogP contribution in [-0.4, -0.2) is 12.5 Å². The molecule has 0 radical (unpaired) electrons. The Balaban J connectivity index is 2.16. The van der Waals surface area contributed by atoms with Crippen molar-refractivity contribution in [2.24, 2.45) is 5.18 Å². The molecular weight excluding hydrogens is 258 g/mol. The van der Waals surface area contributed by atoms with Crippen molar-refractivity contribution in [3.63, 3.8) is 0 Å². The zero-order valence-electron chi connectivity index (χ0n) is 9.69. The average molecular weight is 272 g/mol. The maximum absolute atomic E-state index is 13.1. The van der Waals surface area contributed by atoms with Gasteiger partial charge in [0.15, 0.2) is 0 Å². The lowest BCUT2D eigenvalue weighted by Crippen LogP contribution is -2.20. The van der Waals surface area contributed by atoms with Crippen molar-refractivity contribution in [1.82, 2.24) is 5.48 Å². The molecule has 1 aromatic carbocycles. The summed E-state index contributed by atoms with van der Waals surface area (Å²) in [7, 11) is 2.28. The second-order valence-electron chi connectivity index (χ2n) is 3.62. The Kier molecular flexibility index (Phi) is 6.39. The third kappa shape index (κ3) is 5.29. The molecule has 1 rings (SSSR count). The first-order valence-corrected chi connectivity index (χ1v) is 6.02. The highest BCUT2D eigenvalue weighted by Gasteiger charge is 2.01. The minimum Gasteiger partial charge on any atom is -0.409 e. The van der Waals surface area contributed by atoms with Crippen LogP contribution in [0.1, 0.15) is 19.3 Å². The van der Waals surface area contributed by atoms with Gasteiger partial charge in [-0.05, 0) is 25.0 Å². The Morgan fingerprint density at radius 2 is 2.22 bits per heavy atom. The molecule has 7 heteroatoms. The van der Waals surface area contributed by atoms with Gasteiger partial charge >= 0.3 is 0 Å². The Morgan fingerprint density at radius 1 is 1.44 bits per heavy atom. The molecule has 1 unspecified atom stereocenters. The maximum atomic E-state index is 13.1. The third-order valence-electron chi connectivity index (χ3n) is 2.18. The minimum atomic E-state index is -0.644. The fourth-order valence-electron chi connectivity index (χ4n) is 1.22. The third-order valence-corrected chi connectivity index (χ3v) is 2.65. The molecule has 0 bridgehead atoms. The average Bonchev–Trinajstić information content (AvgIpc) is 2.37. The topological polar surface area (TPSA) is 67.8 Å². The predicted molar refractivity (Wildman–Crippen MR) is 69.0 cm³/mol. The normalized spacial score (nSPS) is 10.1. The van der Waals surface area contributed by atoms with E-state index in [-0.39, 0.29) is 12.2 Å². The summed E-state index contributed by atoms with van der Waals surface area (Å²) in [4.78, 5) is 25.5. The van der Waals surface area contributed by atoms with E-state index in [4.69, 9.17) is 4.84 Å². The van der Waals surface area contributed by atoms with E-state index in [0.29, 0.717) is 30.4 Å². The van der Waals surface area contributed by atoms with E-state index < -0.39 is 5.91 Å². The van der Waals surface area contributed by atoms with Crippen LogP contribution in [0, 0.1) is 10.7 Å². The molecule has 0 heterocycles. The zero-order valence-corrected chi connectivity index (χ0v) is 10.8. The van der Waals surface area contributed by atoms with Crippen LogP contribution < -0.4 is 15.6 Å². The summed E-state index contributed by atoms with van der Waals surface area (Å²) in [6, 6.07) is 4.50. The second-order valence-corrected chi connectivity index (χ2v) is 4.24. The van der Waals surface area contributed by atoms with Crippen LogP contribution in [0.15, 0.2) is 23.4 Å². The molecule has 0 aromatic heterocycles. The van der Waals surface area contributed by atoms with Gasteiger partial charge in [0.1, 0.15) is 11.6 Å². The quantitative estimate of drug-likeness (QED) is 0.355. The van der Waals surface area contributed by atoms with Crippen molar-refractivity contribution >= 4 is 20.5 Å². The van der Waals surface area contributed by atoms with Gasteiger partial charge in [-0.3, -0.25) is 4.79 Å². The van der Waals surface area contributed by atoms with Crippen LogP contribution in [0.25, 0.3) is 0 Å². The number of hydrogen-bond acceptors (Lipinski definition) is 4. The number of nitrogens with one attached hydrogen (secondary N) is 1. The summed E-state index contributed by atoms with van der Waals surface area (Å²) in [6.45, 7) is 0.496. The fourth-order valence-corrected chi connectivity index (χ4v) is 1.40. The Hall–Kier alpha value is -1.39. The van der Waals surface area contributed by atoms with E-state index >= 15 is 0 Å². The number of nitrogens with zero attached hydrogens (tertiary/aromatic N) is 1. The molecule has 0 aliphatic rings. The van der Waals surface area contributed by atoms with E-state index in [1.807, 2.05) is 0 Å². The second kappa shape index (κ2) is 7.84. The number of nitroso groups, excluding NO2 is 1. The molecule has 0 aliphatic carbocycles. The fraction of sp³-hybridized carbons (Fsp3) is 0.364. The number of hydrogen-bond donors (Lipinski definition) is 1. The van der Waals surface area contributed by atoms with Crippen LogP contribution in [0.4, 0.5) is 4.39 Å². The zero-order chi connectivity index (χ0) is 13.4. The summed E-state index contributed by atoms with van der Waals surface area (Å²) in [5, 5.41) is 2.76. The highest BCUT2D eigenvalue weighted by atomic mass is 31.0. The predicted octanol–water partition coefficient (Wildman–Crippen LogP) is 1.67. The highest BCUT2D eigenvalue weighted by molar-refractivity contribution is 7.27. The largest absolute Gasteiger partial charge is 0.409 e. The van der Waals surface area contributed by atoms with E-state index in [9.17, 15) is 14.1 Å². The van der Waals surface area contributed by atoms with Crippen molar-refractivity contribution in [1.29, 1.82) is 0 Å². The molecule has 18 heavy (non-hydrogen) atoms. The summed E-state index contributed by atoms with van der Waals surface area (Å²) in [5.41, 5.74) is 2.65. The number of halogens is 1. The standard InChI is InChI=1S/C11H14FN2O3P/c12-9-7-8(4-5-10(9)18)17-13-6-2-1-3-11(15)14-16/h4-5,7,13H,1-3,6,18H2. The van der Waals surface area contributed by atoms with Crippen LogP contribution in [0.2, 0.25) is 0 Å². The van der Waals surface area contributed by atoms with Crippen molar-refractivity contribution in [3.05, 3.63) is 28.9 Å². The lowest BCUT2D eigenvalue weighted by atomic mass is 10.2. The monoisotopic (exact) mass is 272 g/mol. The van der Waals surface area contributed by atoms with E-state index in [0.717, 1.165) is 0 Å². The van der Waals surface area contributed by atoms with Gasteiger partial charge in [-0.1, -0.05) is 0 Å². The van der Waals surface area contributed by atoms with Gasteiger partial charge in [-0.2, -0.15) is 5.48 Å². The van der Waals surface area contributed by atoms with Gasteiger partial charge in [0.25, 0.3) is 5.91 Å². The van der Waals surface area contributed by atoms with Gasteiger partial charge in [0.05, 0.1) is 0 Å². The molecule has 1 N–H and O–H groups in total. The van der Waals surface area contributed by atoms with Crippen LogP contribution in [0.3, 0.4) is 0 Å². The first-order valence-electron chi connectivity index (χ1n) is 5.44. The Morgan fingerprint density at radius 3 is 2.89 bits per heavy atom. The first kappa shape index (κ1) is 14.7. The molecule has 0 fully saturated rings. The van der Waals surface area contributed by atoms with E-state index in [1.54, 1.807) is 12.1 Å². The molecule has 0 spiro atoms. The Labute approximate surface area is 106 Å². The Bertz CT molecular complexity index is 429. The first-order chi connectivity index (χ1) is 8.63. The SMILES string of the molecule is O=NC(=O)CCCCNOc1ccc(P)c(F)c1. The van der Waals surface area contributed by atoms with Crippen molar-refractivity contribution in [2.75, 3.05) is 6.54 Å². The molecule has 1 amide bonds. The minimum absolute atomic E-state index is 0.140. The number of hydroxylamine groups is 1. The van der Waals surface area contributed by atoms with Crippen molar-refractivity contribution in [3.8, 4) is 5.75 Å². The van der Waals surface area contributed by atoms with Gasteiger partial charge in [0, 0.05) is 29.5 Å². The summed E-state index contributed by atoms with van der Waals surface area (Å²) >= 11 is 0. The van der Waals surface area contributed by atoms with Gasteiger partial charge < -0.3 is 4.84 Å². The molecule has 5 nitrogen and oxygen atoms in total. The molecule has 1 aromatic rings. The molecule has 1 atom stereocenters. The molecule has 0 aliphatic heterocycles. The lowest BCUT2D eigenvalue weighted by Gasteiger charge is -2.07. The number of amides is 1. The summed E-state index contributed by atoms with van der Waals surface area (Å²) in [5.74, 6) is -0.625. The molecular formula is C11H14FN2O3P. The molecule has 0 saturated carbocycles. The summed E-state index contributed by atoms with van der Waals surface area (Å²) < 4.78 is 13.1. The van der Waals surface area contributed by atoms with Gasteiger partial charge in [-0.25, -0.2) is 4.39 Å². The van der Waals surface area contributed by atoms with Crippen LogP contribution >= 0.6 is 9.24 Å². The number of benzene rings is 1. The van der Waals surface area contributed by atoms with Crippen molar-refractivity contribution in [2.45, 2.75) is 19.3 Å². The number of carbonyl (C=O) groups excluding carboxylic acids is 1. The van der Waals surface area contributed by atoms with Crippen molar-refractivity contribution < 1.29 is 14.0 Å². The molecule has 0 saturated heterocycles. The molecule has 98 valence electrons. The number of rotatable bonds is 7. The van der Waals surface area contributed by atoms with E-state index in [2.05, 4.69) is 19.9 Å². The summed E-state index contributed by atoms with van der Waals surface area (Å²) in [6.07, 6.45) is 1.35. The maximum Gasteiger partial charge on any atom is 0.286 e. The van der Waals surface area contributed by atoms with Gasteiger partial charge in [0.2, 0.25) is 0 Å². The smallest absolute Gasteiger partial charge is 0.286 e.